The number of benzene rings is 2. The zero-order valence-corrected chi connectivity index (χ0v) is 12.9. The van der Waals surface area contributed by atoms with Gasteiger partial charge in [0.25, 0.3) is 0 Å². The molecule has 4 heteroatoms. The van der Waals surface area contributed by atoms with Gasteiger partial charge in [-0.25, -0.2) is 9.97 Å². The van der Waals surface area contributed by atoms with Crippen molar-refractivity contribution in [2.45, 2.75) is 29.7 Å². The van der Waals surface area contributed by atoms with Crippen LogP contribution in [0.2, 0.25) is 0 Å². The van der Waals surface area contributed by atoms with Crippen LogP contribution in [0.15, 0.2) is 58.5 Å². The highest BCUT2D eigenvalue weighted by Gasteiger charge is 2.08. The van der Waals surface area contributed by atoms with Crippen LogP contribution in [0.4, 0.5) is 5.82 Å². The highest BCUT2D eigenvalue weighted by molar-refractivity contribution is 7.99. The highest BCUT2D eigenvalue weighted by atomic mass is 32.2. The molecule has 3 aromatic rings. The standard InChI is InChI=1S/C17H17N3S/c1-11(2)12-7-9-13(10-8-12)21-17-16(18)19-14-5-3-4-6-15(14)20-17/h3-11H,1-2H3,(H2,18,19). The van der Waals surface area contributed by atoms with E-state index in [9.17, 15) is 0 Å². The van der Waals surface area contributed by atoms with Gasteiger partial charge in [-0.05, 0) is 35.7 Å². The summed E-state index contributed by atoms with van der Waals surface area (Å²) in [7, 11) is 0. The van der Waals surface area contributed by atoms with Crippen LogP contribution in [-0.4, -0.2) is 9.97 Å². The van der Waals surface area contributed by atoms with E-state index >= 15 is 0 Å². The van der Waals surface area contributed by atoms with Gasteiger partial charge >= 0.3 is 0 Å². The minimum absolute atomic E-state index is 0.478. The van der Waals surface area contributed by atoms with Crippen molar-refractivity contribution in [1.29, 1.82) is 0 Å². The van der Waals surface area contributed by atoms with Crippen molar-refractivity contribution in [2.75, 3.05) is 5.73 Å². The first-order chi connectivity index (χ1) is 10.1. The summed E-state index contributed by atoms with van der Waals surface area (Å²) in [5, 5.41) is 0.756. The second-order valence-corrected chi connectivity index (χ2v) is 6.29. The average molecular weight is 295 g/mol. The van der Waals surface area contributed by atoms with Gasteiger partial charge in [0, 0.05) is 4.90 Å². The van der Waals surface area contributed by atoms with Crippen LogP contribution in [0.1, 0.15) is 25.3 Å². The van der Waals surface area contributed by atoms with E-state index in [4.69, 9.17) is 5.73 Å². The summed E-state index contributed by atoms with van der Waals surface area (Å²) in [5.74, 6) is 1.02. The minimum atomic E-state index is 0.478. The number of anilines is 1. The molecule has 2 aromatic carbocycles. The molecule has 0 aliphatic heterocycles. The fourth-order valence-corrected chi connectivity index (χ4v) is 2.89. The molecule has 0 atom stereocenters. The van der Waals surface area contributed by atoms with Crippen molar-refractivity contribution in [3.63, 3.8) is 0 Å². The molecule has 2 N–H and O–H groups in total. The number of nitrogens with two attached hydrogens (primary N) is 1. The lowest BCUT2D eigenvalue weighted by molar-refractivity contribution is 0.865. The fourth-order valence-electron chi connectivity index (χ4n) is 2.11. The third-order valence-corrected chi connectivity index (χ3v) is 4.33. The predicted molar refractivity (Wildman–Crippen MR) is 88.6 cm³/mol. The number of nitrogen functional groups attached to an aromatic ring is 1. The van der Waals surface area contributed by atoms with E-state index in [1.54, 1.807) is 11.8 Å². The Kier molecular flexibility index (Phi) is 3.80. The van der Waals surface area contributed by atoms with Crippen LogP contribution >= 0.6 is 11.8 Å². The van der Waals surface area contributed by atoms with Gasteiger partial charge in [-0.1, -0.05) is 49.9 Å². The maximum absolute atomic E-state index is 6.02. The molecule has 0 bridgehead atoms. The molecule has 3 nitrogen and oxygen atoms in total. The third-order valence-electron chi connectivity index (χ3n) is 3.33. The minimum Gasteiger partial charge on any atom is -0.381 e. The molecule has 1 aromatic heterocycles. The molecule has 1 heterocycles. The van der Waals surface area contributed by atoms with Crippen molar-refractivity contribution in [2.24, 2.45) is 0 Å². The Hall–Kier alpha value is -2.07. The van der Waals surface area contributed by atoms with E-state index < -0.39 is 0 Å². The maximum atomic E-state index is 6.02. The van der Waals surface area contributed by atoms with Crippen LogP contribution in [0.3, 0.4) is 0 Å². The lowest BCUT2D eigenvalue weighted by Gasteiger charge is -2.08. The average Bonchev–Trinajstić information content (AvgIpc) is 2.48. The smallest absolute Gasteiger partial charge is 0.157 e. The van der Waals surface area contributed by atoms with E-state index in [-0.39, 0.29) is 0 Å². The molecule has 0 fully saturated rings. The SMILES string of the molecule is CC(C)c1ccc(Sc2nc3ccccc3nc2N)cc1. The van der Waals surface area contributed by atoms with Gasteiger partial charge in [0.15, 0.2) is 5.82 Å². The molecule has 0 aliphatic carbocycles. The van der Waals surface area contributed by atoms with Gasteiger partial charge < -0.3 is 5.73 Å². The van der Waals surface area contributed by atoms with Crippen LogP contribution in [0.25, 0.3) is 11.0 Å². The Morgan fingerprint density at radius 2 is 1.52 bits per heavy atom. The Bertz CT molecular complexity index is 767. The van der Waals surface area contributed by atoms with Crippen molar-refractivity contribution in [3.05, 3.63) is 54.1 Å². The first-order valence-corrected chi connectivity index (χ1v) is 7.75. The first kappa shape index (κ1) is 13.9. The maximum Gasteiger partial charge on any atom is 0.157 e. The van der Waals surface area contributed by atoms with Crippen molar-refractivity contribution in [1.82, 2.24) is 9.97 Å². The molecule has 0 saturated heterocycles. The zero-order valence-electron chi connectivity index (χ0n) is 12.1. The van der Waals surface area contributed by atoms with Crippen LogP contribution < -0.4 is 5.73 Å². The van der Waals surface area contributed by atoms with Gasteiger partial charge in [-0.15, -0.1) is 0 Å². The van der Waals surface area contributed by atoms with Gasteiger partial charge in [-0.2, -0.15) is 0 Å². The summed E-state index contributed by atoms with van der Waals surface area (Å²) in [4.78, 5) is 10.1. The zero-order chi connectivity index (χ0) is 14.8. The largest absolute Gasteiger partial charge is 0.381 e. The number of rotatable bonds is 3. The normalized spacial score (nSPS) is 11.2. The predicted octanol–water partition coefficient (Wildman–Crippen LogP) is 4.49. The van der Waals surface area contributed by atoms with Crippen LogP contribution in [-0.2, 0) is 0 Å². The number of hydrogen-bond donors (Lipinski definition) is 1. The second kappa shape index (κ2) is 5.74. The lowest BCUT2D eigenvalue weighted by atomic mass is 10.0. The summed E-state index contributed by atoms with van der Waals surface area (Å²) in [6, 6.07) is 16.3. The number of aromatic nitrogens is 2. The molecule has 0 saturated carbocycles. The fraction of sp³-hybridized carbons (Fsp3) is 0.176. The molecule has 3 rings (SSSR count). The topological polar surface area (TPSA) is 51.8 Å². The van der Waals surface area contributed by atoms with Gasteiger partial charge in [0.1, 0.15) is 5.03 Å². The van der Waals surface area contributed by atoms with Gasteiger partial charge in [0.2, 0.25) is 0 Å². The van der Waals surface area contributed by atoms with Crippen LogP contribution in [0.5, 0.6) is 0 Å². The Morgan fingerprint density at radius 3 is 2.14 bits per heavy atom. The Balaban J connectivity index is 1.92. The Labute approximate surface area is 128 Å². The number of fused-ring (bicyclic) bond motifs is 1. The van der Waals surface area contributed by atoms with E-state index in [0.717, 1.165) is 21.0 Å². The molecular formula is C17H17N3S. The number of nitrogens with zero attached hydrogens (tertiary/aromatic N) is 2. The molecule has 0 radical (unpaired) electrons. The quantitative estimate of drug-likeness (QED) is 0.773. The molecule has 0 unspecified atom stereocenters. The van der Waals surface area contributed by atoms with Gasteiger partial charge in [0.05, 0.1) is 11.0 Å². The number of para-hydroxylation sites is 2. The molecule has 21 heavy (non-hydrogen) atoms. The lowest BCUT2D eigenvalue weighted by Crippen LogP contribution is -1.97. The monoisotopic (exact) mass is 295 g/mol. The molecule has 0 aliphatic rings. The molecular weight excluding hydrogens is 278 g/mol. The second-order valence-electron chi connectivity index (χ2n) is 5.23. The molecule has 106 valence electrons. The third kappa shape index (κ3) is 3.00. The van der Waals surface area contributed by atoms with E-state index in [2.05, 4.69) is 48.1 Å². The first-order valence-electron chi connectivity index (χ1n) is 6.93. The Morgan fingerprint density at radius 1 is 0.905 bits per heavy atom. The van der Waals surface area contributed by atoms with Crippen molar-refractivity contribution in [3.8, 4) is 0 Å². The summed E-state index contributed by atoms with van der Waals surface area (Å²) in [6.45, 7) is 4.38. The molecule has 0 spiro atoms. The van der Waals surface area contributed by atoms with E-state index in [0.29, 0.717) is 11.7 Å². The summed E-state index contributed by atoms with van der Waals surface area (Å²) in [5.41, 5.74) is 9.05. The van der Waals surface area contributed by atoms with Crippen LogP contribution in [0, 0.1) is 0 Å². The summed E-state index contributed by atoms with van der Waals surface area (Å²) < 4.78 is 0. The van der Waals surface area contributed by atoms with Crippen molar-refractivity contribution < 1.29 is 0 Å². The highest BCUT2D eigenvalue weighted by Crippen LogP contribution is 2.31. The molecule has 0 amide bonds. The summed E-state index contributed by atoms with van der Waals surface area (Å²) >= 11 is 1.55. The van der Waals surface area contributed by atoms with Gasteiger partial charge in [-0.3, -0.25) is 0 Å². The summed E-state index contributed by atoms with van der Waals surface area (Å²) in [6.07, 6.45) is 0. The van der Waals surface area contributed by atoms with Crippen molar-refractivity contribution >= 4 is 28.6 Å². The van der Waals surface area contributed by atoms with E-state index in [1.165, 1.54) is 5.56 Å². The number of hydrogen-bond acceptors (Lipinski definition) is 4. The van der Waals surface area contributed by atoms with E-state index in [1.807, 2.05) is 24.3 Å².